The van der Waals surface area contributed by atoms with Crippen molar-refractivity contribution in [2.24, 2.45) is 0 Å². The van der Waals surface area contributed by atoms with E-state index >= 15 is 0 Å². The Hall–Kier alpha value is -3.00. The van der Waals surface area contributed by atoms with Gasteiger partial charge in [-0.1, -0.05) is 23.7 Å². The molecule has 7 nitrogen and oxygen atoms in total. The monoisotopic (exact) mass is 394 g/mol. The average molecular weight is 395 g/mol. The summed E-state index contributed by atoms with van der Waals surface area (Å²) >= 11 is 5.86. The third-order valence-electron chi connectivity index (χ3n) is 3.66. The van der Waals surface area contributed by atoms with Crippen molar-refractivity contribution in [2.45, 2.75) is 19.4 Å². The van der Waals surface area contributed by atoms with Crippen LogP contribution < -0.4 is 5.32 Å². The topological polar surface area (TPSA) is 98.5 Å². The first-order valence-electron chi connectivity index (χ1n) is 7.95. The lowest BCUT2D eigenvalue weighted by Gasteiger charge is -2.14. The molecule has 1 amide bonds. The number of rotatable bonds is 7. The Bertz CT molecular complexity index is 857. The molecule has 0 radical (unpaired) electrons. The molecule has 27 heavy (non-hydrogen) atoms. The molecule has 0 aliphatic heterocycles. The van der Waals surface area contributed by atoms with Crippen molar-refractivity contribution in [1.82, 2.24) is 5.32 Å². The van der Waals surface area contributed by atoms with E-state index in [9.17, 15) is 24.1 Å². The lowest BCUT2D eigenvalue weighted by molar-refractivity contribution is -0.384. The van der Waals surface area contributed by atoms with E-state index in [1.165, 1.54) is 25.1 Å². The molecule has 2 rings (SSSR count). The van der Waals surface area contributed by atoms with Crippen LogP contribution in [0, 0.1) is 15.9 Å². The Morgan fingerprint density at radius 2 is 1.93 bits per heavy atom. The van der Waals surface area contributed by atoms with Crippen molar-refractivity contribution in [2.75, 3.05) is 6.54 Å². The van der Waals surface area contributed by atoms with Crippen LogP contribution in [0.2, 0.25) is 5.02 Å². The van der Waals surface area contributed by atoms with Crippen LogP contribution in [0.1, 0.15) is 22.8 Å². The molecule has 0 spiro atoms. The summed E-state index contributed by atoms with van der Waals surface area (Å²) in [5.74, 6) is -1.71. The number of nitro benzene ring substituents is 1. The van der Waals surface area contributed by atoms with Crippen LogP contribution in [0.4, 0.5) is 10.1 Å². The van der Waals surface area contributed by atoms with Crippen LogP contribution in [0.3, 0.4) is 0 Å². The summed E-state index contributed by atoms with van der Waals surface area (Å²) in [5, 5.41) is 13.1. The number of nitrogens with one attached hydrogen (secondary N) is 1. The number of amides is 1. The van der Waals surface area contributed by atoms with Gasteiger partial charge in [0.05, 0.1) is 15.5 Å². The Labute approximate surface area is 159 Å². The van der Waals surface area contributed by atoms with Gasteiger partial charge in [0, 0.05) is 18.7 Å². The van der Waals surface area contributed by atoms with Crippen LogP contribution in [0.15, 0.2) is 42.5 Å². The van der Waals surface area contributed by atoms with E-state index in [1.807, 2.05) is 0 Å². The minimum Gasteiger partial charge on any atom is -0.449 e. The van der Waals surface area contributed by atoms with E-state index in [-0.39, 0.29) is 28.6 Å². The number of hydrogen-bond donors (Lipinski definition) is 1. The third-order valence-corrected chi connectivity index (χ3v) is 3.98. The Morgan fingerprint density at radius 1 is 1.26 bits per heavy atom. The second kappa shape index (κ2) is 9.09. The van der Waals surface area contributed by atoms with Gasteiger partial charge in [-0.25, -0.2) is 9.18 Å². The van der Waals surface area contributed by atoms with E-state index in [4.69, 9.17) is 16.3 Å². The number of esters is 1. The highest BCUT2D eigenvalue weighted by atomic mass is 35.5. The molecule has 0 heterocycles. The van der Waals surface area contributed by atoms with E-state index in [2.05, 4.69) is 5.32 Å². The highest BCUT2D eigenvalue weighted by Gasteiger charge is 2.21. The molecule has 0 unspecified atom stereocenters. The highest BCUT2D eigenvalue weighted by molar-refractivity contribution is 6.33. The first-order chi connectivity index (χ1) is 12.8. The number of carbonyl (C=O) groups is 2. The molecule has 0 aromatic heterocycles. The molecule has 1 N–H and O–H groups in total. The van der Waals surface area contributed by atoms with E-state index in [1.54, 1.807) is 12.1 Å². The summed E-state index contributed by atoms with van der Waals surface area (Å²) in [5.41, 5.74) is 0.510. The van der Waals surface area contributed by atoms with Crippen LogP contribution >= 0.6 is 11.6 Å². The smallest absolute Gasteiger partial charge is 0.340 e. The molecule has 0 aliphatic rings. The molecule has 2 aromatic rings. The molecular weight excluding hydrogens is 379 g/mol. The van der Waals surface area contributed by atoms with Crippen molar-refractivity contribution < 1.29 is 23.6 Å². The molecule has 142 valence electrons. The van der Waals surface area contributed by atoms with Gasteiger partial charge in [0.2, 0.25) is 0 Å². The quantitative estimate of drug-likeness (QED) is 0.441. The summed E-state index contributed by atoms with van der Waals surface area (Å²) in [4.78, 5) is 34.1. The van der Waals surface area contributed by atoms with Gasteiger partial charge in [-0.05, 0) is 37.1 Å². The van der Waals surface area contributed by atoms with E-state index < -0.39 is 22.9 Å². The average Bonchev–Trinajstić information content (AvgIpc) is 2.62. The van der Waals surface area contributed by atoms with Crippen LogP contribution in [-0.2, 0) is 16.0 Å². The molecule has 0 saturated heterocycles. The Morgan fingerprint density at radius 3 is 2.52 bits per heavy atom. The number of hydrogen-bond acceptors (Lipinski definition) is 5. The molecule has 1 atom stereocenters. The largest absolute Gasteiger partial charge is 0.449 e. The Kier molecular flexibility index (Phi) is 6.84. The van der Waals surface area contributed by atoms with E-state index in [0.717, 1.165) is 17.7 Å². The van der Waals surface area contributed by atoms with E-state index in [0.29, 0.717) is 6.42 Å². The van der Waals surface area contributed by atoms with Gasteiger partial charge in [0.1, 0.15) is 5.82 Å². The molecule has 9 heteroatoms. The minimum atomic E-state index is -1.09. The van der Waals surface area contributed by atoms with Gasteiger partial charge in [-0.3, -0.25) is 14.9 Å². The predicted molar refractivity (Wildman–Crippen MR) is 96.1 cm³/mol. The first kappa shape index (κ1) is 20.3. The van der Waals surface area contributed by atoms with Crippen molar-refractivity contribution in [3.05, 3.63) is 74.5 Å². The van der Waals surface area contributed by atoms with Gasteiger partial charge in [-0.15, -0.1) is 0 Å². The summed E-state index contributed by atoms with van der Waals surface area (Å²) in [7, 11) is 0. The number of non-ortho nitro benzene ring substituents is 1. The molecular formula is C18H16ClFN2O5. The summed E-state index contributed by atoms with van der Waals surface area (Å²) < 4.78 is 17.9. The molecule has 2 aromatic carbocycles. The lowest BCUT2D eigenvalue weighted by atomic mass is 10.1. The first-order valence-corrected chi connectivity index (χ1v) is 8.33. The number of nitro groups is 1. The second-order valence-corrected chi connectivity index (χ2v) is 6.04. The van der Waals surface area contributed by atoms with Crippen molar-refractivity contribution >= 4 is 29.2 Å². The zero-order valence-corrected chi connectivity index (χ0v) is 15.0. The zero-order chi connectivity index (χ0) is 20.0. The van der Waals surface area contributed by atoms with Crippen LogP contribution in [0.5, 0.6) is 0 Å². The fourth-order valence-electron chi connectivity index (χ4n) is 2.19. The van der Waals surface area contributed by atoms with Crippen LogP contribution in [-0.4, -0.2) is 29.4 Å². The third kappa shape index (κ3) is 5.75. The van der Waals surface area contributed by atoms with Gasteiger partial charge >= 0.3 is 5.97 Å². The fraction of sp³-hybridized carbons (Fsp3) is 0.222. The Balaban J connectivity index is 1.87. The standard InChI is InChI=1S/C18H16ClFN2O5/c1-11(17(23)21-9-8-12-2-4-13(20)5-3-12)27-18(24)15-7-6-14(22(25)26)10-16(15)19/h2-7,10-11H,8-9H2,1H3,(H,21,23)/t11-/m1/s1. The minimum absolute atomic E-state index is 0.0757. The second-order valence-electron chi connectivity index (χ2n) is 5.64. The number of nitrogens with zero attached hydrogens (tertiary/aromatic N) is 1. The normalized spacial score (nSPS) is 11.5. The maximum Gasteiger partial charge on any atom is 0.340 e. The number of halogens is 2. The maximum absolute atomic E-state index is 12.8. The molecule has 0 aliphatic carbocycles. The zero-order valence-electron chi connectivity index (χ0n) is 14.3. The molecule has 0 bridgehead atoms. The summed E-state index contributed by atoms with van der Waals surface area (Å²) in [6, 6.07) is 9.21. The van der Waals surface area contributed by atoms with Crippen LogP contribution in [0.25, 0.3) is 0 Å². The predicted octanol–water partition coefficient (Wildman–Crippen LogP) is 3.29. The van der Waals surface area contributed by atoms with Crippen molar-refractivity contribution in [3.63, 3.8) is 0 Å². The molecule has 0 fully saturated rings. The maximum atomic E-state index is 12.8. The number of ether oxygens (including phenoxy) is 1. The van der Waals surface area contributed by atoms with Gasteiger partial charge in [0.25, 0.3) is 11.6 Å². The summed E-state index contributed by atoms with van der Waals surface area (Å²) in [6.07, 6.45) is -0.599. The molecule has 0 saturated carbocycles. The van der Waals surface area contributed by atoms with Crippen molar-refractivity contribution in [1.29, 1.82) is 0 Å². The van der Waals surface area contributed by atoms with Gasteiger partial charge in [-0.2, -0.15) is 0 Å². The number of benzene rings is 2. The number of carbonyl (C=O) groups excluding carboxylic acids is 2. The van der Waals surface area contributed by atoms with Gasteiger partial charge < -0.3 is 10.1 Å². The SMILES string of the molecule is C[C@@H](OC(=O)c1ccc([N+](=O)[O-])cc1Cl)C(=O)NCCc1ccc(F)cc1. The van der Waals surface area contributed by atoms with Gasteiger partial charge in [0.15, 0.2) is 6.10 Å². The fourth-order valence-corrected chi connectivity index (χ4v) is 2.44. The summed E-state index contributed by atoms with van der Waals surface area (Å²) in [6.45, 7) is 1.68. The lowest BCUT2D eigenvalue weighted by Crippen LogP contribution is -2.37. The van der Waals surface area contributed by atoms with Crippen molar-refractivity contribution in [3.8, 4) is 0 Å². The highest BCUT2D eigenvalue weighted by Crippen LogP contribution is 2.23.